The molecule has 29 heavy (non-hydrogen) atoms. The second kappa shape index (κ2) is 8.37. The number of benzene rings is 1. The van der Waals surface area contributed by atoms with E-state index < -0.39 is 0 Å². The molecule has 0 radical (unpaired) electrons. The smallest absolute Gasteiger partial charge is 0.170 e. The molecule has 0 aliphatic carbocycles. The molecule has 1 aliphatic rings. The molecule has 2 aromatic heterocycles. The molecule has 3 aromatic rings. The largest absolute Gasteiger partial charge is 0.352 e. The van der Waals surface area contributed by atoms with Crippen molar-refractivity contribution in [3.8, 4) is 5.69 Å². The maximum Gasteiger partial charge on any atom is 0.170 e. The summed E-state index contributed by atoms with van der Waals surface area (Å²) in [6.45, 7) is 7.47. The summed E-state index contributed by atoms with van der Waals surface area (Å²) >= 11 is 5.76. The van der Waals surface area contributed by atoms with Crippen LogP contribution in [0.5, 0.6) is 0 Å². The highest BCUT2D eigenvalue weighted by Gasteiger charge is 2.40. The van der Waals surface area contributed by atoms with Gasteiger partial charge in [0.05, 0.1) is 17.8 Å². The van der Waals surface area contributed by atoms with E-state index in [1.807, 2.05) is 18.3 Å². The number of hydrogen-bond donors (Lipinski definition) is 1. The highest BCUT2D eigenvalue weighted by molar-refractivity contribution is 7.80. The van der Waals surface area contributed by atoms with E-state index in [-0.39, 0.29) is 12.1 Å². The molecule has 0 saturated carbocycles. The van der Waals surface area contributed by atoms with Crippen molar-refractivity contribution in [2.45, 2.75) is 45.7 Å². The summed E-state index contributed by atoms with van der Waals surface area (Å²) < 4.78 is 2.29. The van der Waals surface area contributed by atoms with Crippen LogP contribution in [0, 0.1) is 13.8 Å². The summed E-state index contributed by atoms with van der Waals surface area (Å²) in [6.07, 6.45) is 6.25. The van der Waals surface area contributed by atoms with Crippen molar-refractivity contribution in [3.63, 3.8) is 0 Å². The van der Waals surface area contributed by atoms with Gasteiger partial charge in [-0.05, 0) is 80.0 Å². The predicted molar refractivity (Wildman–Crippen MR) is 122 cm³/mol. The Bertz CT molecular complexity index is 995. The summed E-state index contributed by atoms with van der Waals surface area (Å²) in [5, 5.41) is 4.36. The van der Waals surface area contributed by atoms with Crippen LogP contribution in [0.25, 0.3) is 5.69 Å². The fraction of sp³-hybridized carbons (Fsp3) is 0.333. The molecule has 1 saturated heterocycles. The predicted octanol–water partition coefficient (Wildman–Crippen LogP) is 5.26. The van der Waals surface area contributed by atoms with Crippen molar-refractivity contribution < 1.29 is 0 Å². The molecule has 2 atom stereocenters. The van der Waals surface area contributed by atoms with Crippen LogP contribution in [-0.2, 0) is 0 Å². The Kier molecular flexibility index (Phi) is 5.67. The number of pyridine rings is 1. The van der Waals surface area contributed by atoms with Gasteiger partial charge in [-0.3, -0.25) is 4.98 Å². The van der Waals surface area contributed by atoms with E-state index in [4.69, 9.17) is 12.2 Å². The van der Waals surface area contributed by atoms with E-state index in [1.54, 1.807) is 0 Å². The molecule has 1 aliphatic heterocycles. The van der Waals surface area contributed by atoms with Crippen molar-refractivity contribution in [2.24, 2.45) is 0 Å². The standard InChI is InChI=1S/C24H28N4S/c1-4-5-14-28-23(22(26-24(28)29)20-9-6-7-13-25-20)21-10-8-15-27(21)19-12-11-17(2)18(3)16-19/h6-13,15-16,22-23H,4-5,14H2,1-3H3,(H,26,29)/t22-,23-/m1/s1. The van der Waals surface area contributed by atoms with Gasteiger partial charge in [0.25, 0.3) is 0 Å². The summed E-state index contributed by atoms with van der Waals surface area (Å²) in [4.78, 5) is 6.98. The van der Waals surface area contributed by atoms with E-state index >= 15 is 0 Å². The molecule has 4 rings (SSSR count). The first-order valence-electron chi connectivity index (χ1n) is 10.3. The second-order valence-corrected chi connectivity index (χ2v) is 8.13. The van der Waals surface area contributed by atoms with Crippen molar-refractivity contribution in [1.82, 2.24) is 19.8 Å². The van der Waals surface area contributed by atoms with Crippen LogP contribution in [0.3, 0.4) is 0 Å². The van der Waals surface area contributed by atoms with Crippen molar-refractivity contribution in [1.29, 1.82) is 0 Å². The van der Waals surface area contributed by atoms with Gasteiger partial charge < -0.3 is 14.8 Å². The fourth-order valence-corrected chi connectivity index (χ4v) is 4.37. The lowest BCUT2D eigenvalue weighted by atomic mass is 10.0. The van der Waals surface area contributed by atoms with E-state index in [9.17, 15) is 0 Å². The molecule has 5 heteroatoms. The Hall–Kier alpha value is -2.66. The Labute approximate surface area is 178 Å². The molecular weight excluding hydrogens is 376 g/mol. The zero-order valence-corrected chi connectivity index (χ0v) is 18.1. The molecule has 4 nitrogen and oxygen atoms in total. The van der Waals surface area contributed by atoms with E-state index in [0.717, 1.165) is 30.2 Å². The van der Waals surface area contributed by atoms with Gasteiger partial charge in [0, 0.05) is 30.3 Å². The van der Waals surface area contributed by atoms with Gasteiger partial charge in [-0.25, -0.2) is 0 Å². The topological polar surface area (TPSA) is 33.1 Å². The summed E-state index contributed by atoms with van der Waals surface area (Å²) in [5.41, 5.74) is 6.04. The zero-order valence-electron chi connectivity index (χ0n) is 17.3. The minimum Gasteiger partial charge on any atom is -0.352 e. The Morgan fingerprint density at radius 1 is 1.07 bits per heavy atom. The number of hydrogen-bond acceptors (Lipinski definition) is 2. The number of aromatic nitrogens is 2. The number of thiocarbonyl (C=S) groups is 1. The Balaban J connectivity index is 1.79. The number of aryl methyl sites for hydroxylation is 2. The van der Waals surface area contributed by atoms with Crippen LogP contribution in [-0.4, -0.2) is 26.1 Å². The number of unbranched alkanes of at least 4 members (excludes halogenated alkanes) is 1. The number of nitrogens with zero attached hydrogens (tertiary/aromatic N) is 3. The van der Waals surface area contributed by atoms with Gasteiger partial charge in [0.1, 0.15) is 0 Å². The van der Waals surface area contributed by atoms with Gasteiger partial charge in [0.15, 0.2) is 5.11 Å². The molecule has 3 heterocycles. The summed E-state index contributed by atoms with van der Waals surface area (Å²) in [5.74, 6) is 0. The lowest BCUT2D eigenvalue weighted by Crippen LogP contribution is -2.31. The molecule has 1 aromatic carbocycles. The van der Waals surface area contributed by atoms with Crippen LogP contribution < -0.4 is 5.32 Å². The Morgan fingerprint density at radius 3 is 2.66 bits per heavy atom. The summed E-state index contributed by atoms with van der Waals surface area (Å²) in [7, 11) is 0. The third kappa shape index (κ3) is 3.79. The molecule has 1 N–H and O–H groups in total. The molecule has 0 spiro atoms. The maximum absolute atomic E-state index is 5.76. The Morgan fingerprint density at radius 2 is 1.93 bits per heavy atom. The first kappa shape index (κ1) is 19.6. The fourth-order valence-electron chi connectivity index (χ4n) is 4.04. The lowest BCUT2D eigenvalue weighted by molar-refractivity contribution is 0.304. The molecule has 0 unspecified atom stereocenters. The van der Waals surface area contributed by atoms with Crippen LogP contribution in [0.15, 0.2) is 60.9 Å². The number of rotatable bonds is 6. The lowest BCUT2D eigenvalue weighted by Gasteiger charge is -2.29. The number of nitrogens with one attached hydrogen (secondary N) is 1. The average Bonchev–Trinajstić information content (AvgIpc) is 3.33. The SMILES string of the molecule is CCCCN1C(=S)N[C@H](c2ccccn2)[C@H]1c1cccn1-c1ccc(C)c(C)c1. The zero-order chi connectivity index (χ0) is 20.4. The first-order chi connectivity index (χ1) is 14.1. The molecular formula is C24H28N4S. The molecule has 0 amide bonds. The quantitative estimate of drug-likeness (QED) is 0.568. The minimum absolute atomic E-state index is 0.0285. The van der Waals surface area contributed by atoms with Crippen LogP contribution in [0.2, 0.25) is 0 Å². The monoisotopic (exact) mass is 404 g/mol. The molecule has 150 valence electrons. The second-order valence-electron chi connectivity index (χ2n) is 7.75. The van der Waals surface area contributed by atoms with Gasteiger partial charge in [-0.1, -0.05) is 25.5 Å². The van der Waals surface area contributed by atoms with E-state index in [0.29, 0.717) is 0 Å². The highest BCUT2D eigenvalue weighted by atomic mass is 32.1. The third-order valence-corrected chi connectivity index (χ3v) is 6.15. The first-order valence-corrected chi connectivity index (χ1v) is 10.7. The normalized spacial score (nSPS) is 18.9. The van der Waals surface area contributed by atoms with Crippen LogP contribution >= 0.6 is 12.2 Å². The average molecular weight is 405 g/mol. The van der Waals surface area contributed by atoms with Gasteiger partial charge in [-0.15, -0.1) is 0 Å². The van der Waals surface area contributed by atoms with Crippen molar-refractivity contribution in [3.05, 3.63) is 83.4 Å². The minimum atomic E-state index is 0.0285. The highest BCUT2D eigenvalue weighted by Crippen LogP contribution is 2.39. The molecule has 0 bridgehead atoms. The van der Waals surface area contributed by atoms with Crippen molar-refractivity contribution in [2.75, 3.05) is 6.54 Å². The van der Waals surface area contributed by atoms with Gasteiger partial charge >= 0.3 is 0 Å². The summed E-state index contributed by atoms with van der Waals surface area (Å²) in [6, 6.07) is 17.2. The van der Waals surface area contributed by atoms with Crippen LogP contribution in [0.1, 0.15) is 54.4 Å². The van der Waals surface area contributed by atoms with E-state index in [1.165, 1.54) is 22.5 Å². The van der Waals surface area contributed by atoms with E-state index in [2.05, 4.69) is 83.1 Å². The van der Waals surface area contributed by atoms with Crippen molar-refractivity contribution >= 4 is 17.3 Å². The third-order valence-electron chi connectivity index (χ3n) is 5.80. The molecule has 1 fully saturated rings. The van der Waals surface area contributed by atoms with Gasteiger partial charge in [-0.2, -0.15) is 0 Å². The maximum atomic E-state index is 5.76. The van der Waals surface area contributed by atoms with Crippen LogP contribution in [0.4, 0.5) is 0 Å². The van der Waals surface area contributed by atoms with Gasteiger partial charge in [0.2, 0.25) is 0 Å².